The summed E-state index contributed by atoms with van der Waals surface area (Å²) < 4.78 is 0. The quantitative estimate of drug-likeness (QED) is 0.521. The lowest BCUT2D eigenvalue weighted by Crippen LogP contribution is -2.45. The van der Waals surface area contributed by atoms with Crippen molar-refractivity contribution in [2.45, 2.75) is 25.8 Å². The van der Waals surface area contributed by atoms with E-state index in [2.05, 4.69) is 5.32 Å². The Hall–Kier alpha value is -1.55. The van der Waals surface area contributed by atoms with E-state index in [1.807, 2.05) is 31.2 Å². The first kappa shape index (κ1) is 13.9. The van der Waals surface area contributed by atoms with Gasteiger partial charge in [-0.05, 0) is 31.4 Å². The summed E-state index contributed by atoms with van der Waals surface area (Å²) in [7, 11) is 0. The molecule has 1 unspecified atom stereocenters. The van der Waals surface area contributed by atoms with Crippen LogP contribution in [0.5, 0.6) is 0 Å². The third kappa shape index (κ3) is 2.89. The molecular formula is C14H17ClN2O2. The zero-order valence-corrected chi connectivity index (χ0v) is 11.6. The number of carbonyl (C=O) groups is 2. The SMILES string of the molecule is CC1Cc2ccccc2N1C(=O)C(=O)NCCCCl. The molecule has 1 aliphatic heterocycles. The minimum atomic E-state index is -0.561. The van der Waals surface area contributed by atoms with Gasteiger partial charge in [0.05, 0.1) is 0 Å². The molecule has 0 bridgehead atoms. The van der Waals surface area contributed by atoms with E-state index < -0.39 is 11.8 Å². The van der Waals surface area contributed by atoms with Crippen molar-refractivity contribution < 1.29 is 9.59 Å². The van der Waals surface area contributed by atoms with Crippen molar-refractivity contribution in [1.29, 1.82) is 0 Å². The Bertz CT molecular complexity index is 490. The fraction of sp³-hybridized carbons (Fsp3) is 0.429. The Balaban J connectivity index is 2.09. The van der Waals surface area contributed by atoms with E-state index >= 15 is 0 Å². The van der Waals surface area contributed by atoms with E-state index in [0.29, 0.717) is 18.8 Å². The van der Waals surface area contributed by atoms with Gasteiger partial charge in [-0.15, -0.1) is 11.6 Å². The molecule has 0 aliphatic carbocycles. The highest BCUT2D eigenvalue weighted by molar-refractivity contribution is 6.40. The van der Waals surface area contributed by atoms with Crippen molar-refractivity contribution in [3.05, 3.63) is 29.8 Å². The molecule has 1 aromatic carbocycles. The molecule has 0 saturated heterocycles. The van der Waals surface area contributed by atoms with Gasteiger partial charge in [-0.3, -0.25) is 9.59 Å². The number of anilines is 1. The van der Waals surface area contributed by atoms with Crippen LogP contribution < -0.4 is 10.2 Å². The number of carbonyl (C=O) groups excluding carboxylic acids is 2. The van der Waals surface area contributed by atoms with Crippen LogP contribution in [0.1, 0.15) is 18.9 Å². The number of amides is 2. The molecule has 0 spiro atoms. The standard InChI is InChI=1S/C14H17ClN2O2/c1-10-9-11-5-2-3-6-12(11)17(10)14(19)13(18)16-8-4-7-15/h2-3,5-6,10H,4,7-9H2,1H3,(H,16,18). The van der Waals surface area contributed by atoms with Crippen molar-refractivity contribution in [3.8, 4) is 0 Å². The maximum atomic E-state index is 12.2. The topological polar surface area (TPSA) is 49.4 Å². The molecule has 0 aromatic heterocycles. The lowest BCUT2D eigenvalue weighted by molar-refractivity contribution is -0.137. The van der Waals surface area contributed by atoms with Gasteiger partial charge < -0.3 is 10.2 Å². The fourth-order valence-electron chi connectivity index (χ4n) is 2.33. The molecule has 0 saturated carbocycles. The largest absolute Gasteiger partial charge is 0.348 e. The average molecular weight is 281 g/mol. The second-order valence-corrected chi connectivity index (χ2v) is 5.03. The molecule has 1 aromatic rings. The fourth-order valence-corrected chi connectivity index (χ4v) is 2.46. The predicted octanol–water partition coefficient (Wildman–Crippen LogP) is 1.71. The summed E-state index contributed by atoms with van der Waals surface area (Å²) in [6, 6.07) is 7.71. The normalized spacial score (nSPS) is 17.2. The number of hydrogen-bond acceptors (Lipinski definition) is 2. The Morgan fingerprint density at radius 2 is 2.16 bits per heavy atom. The first-order valence-electron chi connectivity index (χ1n) is 6.40. The zero-order valence-electron chi connectivity index (χ0n) is 10.9. The van der Waals surface area contributed by atoms with Crippen LogP contribution in [0.4, 0.5) is 5.69 Å². The molecule has 5 heteroatoms. The predicted molar refractivity (Wildman–Crippen MR) is 75.4 cm³/mol. The number of nitrogens with one attached hydrogen (secondary N) is 1. The summed E-state index contributed by atoms with van der Waals surface area (Å²) in [5.74, 6) is -0.585. The smallest absolute Gasteiger partial charge is 0.316 e. The molecule has 0 fully saturated rings. The number of nitrogens with zero attached hydrogens (tertiary/aromatic N) is 1. The van der Waals surface area contributed by atoms with E-state index in [0.717, 1.165) is 17.7 Å². The molecule has 1 N–H and O–H groups in total. The average Bonchev–Trinajstić information content (AvgIpc) is 2.74. The molecule has 102 valence electrons. The van der Waals surface area contributed by atoms with Crippen molar-refractivity contribution in [3.63, 3.8) is 0 Å². The van der Waals surface area contributed by atoms with Gasteiger partial charge in [0.15, 0.2) is 0 Å². The lowest BCUT2D eigenvalue weighted by atomic mass is 10.1. The summed E-state index contributed by atoms with van der Waals surface area (Å²) in [4.78, 5) is 25.6. The Kier molecular flexibility index (Phi) is 4.43. The van der Waals surface area contributed by atoms with E-state index in [9.17, 15) is 9.59 Å². The summed E-state index contributed by atoms with van der Waals surface area (Å²) in [5, 5.41) is 2.60. The van der Waals surface area contributed by atoms with E-state index in [-0.39, 0.29) is 6.04 Å². The highest BCUT2D eigenvalue weighted by Gasteiger charge is 2.33. The molecule has 0 radical (unpaired) electrons. The monoisotopic (exact) mass is 280 g/mol. The second kappa shape index (κ2) is 6.06. The lowest BCUT2D eigenvalue weighted by Gasteiger charge is -2.21. The Labute approximate surface area is 117 Å². The third-order valence-corrected chi connectivity index (χ3v) is 3.48. The molecule has 1 aliphatic rings. The molecule has 1 atom stereocenters. The van der Waals surface area contributed by atoms with Gasteiger partial charge in [0.2, 0.25) is 0 Å². The van der Waals surface area contributed by atoms with Crippen molar-refractivity contribution in [2.24, 2.45) is 0 Å². The summed E-state index contributed by atoms with van der Waals surface area (Å²) in [5.41, 5.74) is 1.95. The number of para-hydroxylation sites is 1. The maximum Gasteiger partial charge on any atom is 0.316 e. The van der Waals surface area contributed by atoms with Gasteiger partial charge in [-0.25, -0.2) is 0 Å². The molecule has 2 amide bonds. The molecule has 4 nitrogen and oxygen atoms in total. The van der Waals surface area contributed by atoms with Gasteiger partial charge in [0, 0.05) is 24.2 Å². The van der Waals surface area contributed by atoms with Crippen LogP contribution in [-0.4, -0.2) is 30.3 Å². The highest BCUT2D eigenvalue weighted by atomic mass is 35.5. The zero-order chi connectivity index (χ0) is 13.8. The van der Waals surface area contributed by atoms with Crippen LogP contribution in [0.25, 0.3) is 0 Å². The summed E-state index contributed by atoms with van der Waals surface area (Å²) in [6.07, 6.45) is 1.45. The number of benzene rings is 1. The van der Waals surface area contributed by atoms with Gasteiger partial charge in [0.25, 0.3) is 0 Å². The van der Waals surface area contributed by atoms with E-state index in [4.69, 9.17) is 11.6 Å². The third-order valence-electron chi connectivity index (χ3n) is 3.22. The minimum absolute atomic E-state index is 0.0173. The molecule has 19 heavy (non-hydrogen) atoms. The number of alkyl halides is 1. The van der Waals surface area contributed by atoms with E-state index in [1.165, 1.54) is 0 Å². The maximum absolute atomic E-state index is 12.2. The van der Waals surface area contributed by atoms with Crippen LogP contribution in [0.3, 0.4) is 0 Å². The number of halogens is 1. The van der Waals surface area contributed by atoms with Crippen molar-refractivity contribution >= 4 is 29.1 Å². The van der Waals surface area contributed by atoms with Crippen LogP contribution in [0, 0.1) is 0 Å². The van der Waals surface area contributed by atoms with Crippen molar-refractivity contribution in [2.75, 3.05) is 17.3 Å². The number of hydrogen-bond donors (Lipinski definition) is 1. The van der Waals surface area contributed by atoms with Crippen molar-refractivity contribution in [1.82, 2.24) is 5.32 Å². The van der Waals surface area contributed by atoms with Crippen LogP contribution in [0.15, 0.2) is 24.3 Å². The number of fused-ring (bicyclic) bond motifs is 1. The van der Waals surface area contributed by atoms with E-state index in [1.54, 1.807) is 4.90 Å². The highest BCUT2D eigenvalue weighted by Crippen LogP contribution is 2.31. The second-order valence-electron chi connectivity index (χ2n) is 4.66. The Morgan fingerprint density at radius 1 is 1.42 bits per heavy atom. The number of rotatable bonds is 3. The summed E-state index contributed by atoms with van der Waals surface area (Å²) >= 11 is 5.54. The molecule has 1 heterocycles. The van der Waals surface area contributed by atoms with Gasteiger partial charge in [-0.2, -0.15) is 0 Å². The summed E-state index contributed by atoms with van der Waals surface area (Å²) in [6.45, 7) is 2.38. The molecular weight excluding hydrogens is 264 g/mol. The molecule has 2 rings (SSSR count). The van der Waals surface area contributed by atoms with Gasteiger partial charge >= 0.3 is 11.8 Å². The first-order valence-corrected chi connectivity index (χ1v) is 6.94. The van der Waals surface area contributed by atoms with Crippen LogP contribution in [-0.2, 0) is 16.0 Å². The van der Waals surface area contributed by atoms with Crippen LogP contribution >= 0.6 is 11.6 Å². The van der Waals surface area contributed by atoms with Gasteiger partial charge in [0.1, 0.15) is 0 Å². The van der Waals surface area contributed by atoms with Crippen LogP contribution in [0.2, 0.25) is 0 Å². The minimum Gasteiger partial charge on any atom is -0.348 e. The first-order chi connectivity index (χ1) is 9.15. The van der Waals surface area contributed by atoms with Gasteiger partial charge in [-0.1, -0.05) is 18.2 Å². The Morgan fingerprint density at radius 3 is 2.89 bits per heavy atom.